The Balaban J connectivity index is 1.45. The summed E-state index contributed by atoms with van der Waals surface area (Å²) in [6, 6.07) is 17.6. The van der Waals surface area contributed by atoms with Gasteiger partial charge in [-0.05, 0) is 31.2 Å². The van der Waals surface area contributed by atoms with Gasteiger partial charge in [-0.2, -0.15) is 0 Å². The predicted molar refractivity (Wildman–Crippen MR) is 103 cm³/mol. The van der Waals surface area contributed by atoms with Crippen molar-refractivity contribution in [3.05, 3.63) is 60.2 Å². The number of ketones is 1. The molecule has 3 rings (SSSR count). The van der Waals surface area contributed by atoms with Crippen LogP contribution in [-0.2, 0) is 0 Å². The van der Waals surface area contributed by atoms with Crippen LogP contribution < -0.4 is 9.64 Å². The van der Waals surface area contributed by atoms with Crippen LogP contribution in [0.25, 0.3) is 0 Å². The number of Topliss-reactive ketones (excluding diaryl/α,β-unsaturated/α-hetero) is 1. The molecule has 0 aliphatic carbocycles. The molecule has 1 N–H and O–H groups in total. The number of aliphatic hydroxyl groups is 1. The maximum absolute atomic E-state index is 11.6. The topological polar surface area (TPSA) is 53.0 Å². The number of carbonyl (C=O) groups is 1. The number of carbonyl (C=O) groups excluding carboxylic acids is 1. The van der Waals surface area contributed by atoms with E-state index in [4.69, 9.17) is 4.74 Å². The third kappa shape index (κ3) is 4.84. The zero-order chi connectivity index (χ0) is 18.4. The molecular formula is C21H26N2O3. The van der Waals surface area contributed by atoms with Gasteiger partial charge >= 0.3 is 0 Å². The van der Waals surface area contributed by atoms with E-state index in [-0.39, 0.29) is 12.4 Å². The van der Waals surface area contributed by atoms with Crippen LogP contribution in [0.2, 0.25) is 0 Å². The minimum absolute atomic E-state index is 0.0351. The largest absolute Gasteiger partial charge is 0.490 e. The van der Waals surface area contributed by atoms with E-state index in [0.717, 1.165) is 26.2 Å². The van der Waals surface area contributed by atoms with Crippen molar-refractivity contribution in [2.45, 2.75) is 13.0 Å². The van der Waals surface area contributed by atoms with Crippen molar-refractivity contribution >= 4 is 11.5 Å². The molecule has 2 aromatic carbocycles. The molecule has 5 nitrogen and oxygen atoms in total. The monoisotopic (exact) mass is 354 g/mol. The van der Waals surface area contributed by atoms with E-state index in [9.17, 15) is 9.90 Å². The number of hydrogen-bond donors (Lipinski definition) is 1. The van der Waals surface area contributed by atoms with Crippen molar-refractivity contribution in [1.29, 1.82) is 0 Å². The Morgan fingerprint density at radius 1 is 1.04 bits per heavy atom. The fourth-order valence-electron chi connectivity index (χ4n) is 3.25. The lowest BCUT2D eigenvalue weighted by atomic mass is 10.1. The molecule has 1 aliphatic heterocycles. The second-order valence-electron chi connectivity index (χ2n) is 6.64. The Bertz CT molecular complexity index is 712. The van der Waals surface area contributed by atoms with E-state index >= 15 is 0 Å². The summed E-state index contributed by atoms with van der Waals surface area (Å²) in [6.07, 6.45) is -0.585. The molecule has 0 spiro atoms. The Morgan fingerprint density at radius 2 is 1.69 bits per heavy atom. The van der Waals surface area contributed by atoms with E-state index in [1.807, 2.05) is 18.2 Å². The summed E-state index contributed by atoms with van der Waals surface area (Å²) in [5, 5.41) is 10.3. The molecule has 26 heavy (non-hydrogen) atoms. The molecule has 0 radical (unpaired) electrons. The number of hydrogen-bond acceptors (Lipinski definition) is 5. The number of ether oxygens (including phenoxy) is 1. The highest BCUT2D eigenvalue weighted by Crippen LogP contribution is 2.19. The summed E-state index contributed by atoms with van der Waals surface area (Å²) in [4.78, 5) is 16.2. The van der Waals surface area contributed by atoms with Gasteiger partial charge in [-0.15, -0.1) is 0 Å². The molecule has 0 unspecified atom stereocenters. The Labute approximate surface area is 154 Å². The van der Waals surface area contributed by atoms with Crippen LogP contribution in [0, 0.1) is 0 Å². The minimum atomic E-state index is -0.585. The van der Waals surface area contributed by atoms with Crippen molar-refractivity contribution in [2.75, 3.05) is 44.2 Å². The lowest BCUT2D eigenvalue weighted by molar-refractivity contribution is 0.0656. The van der Waals surface area contributed by atoms with Gasteiger partial charge in [-0.3, -0.25) is 9.69 Å². The van der Waals surface area contributed by atoms with Gasteiger partial charge in [-0.25, -0.2) is 0 Å². The van der Waals surface area contributed by atoms with E-state index in [0.29, 0.717) is 17.9 Å². The quantitative estimate of drug-likeness (QED) is 0.774. The smallest absolute Gasteiger partial charge is 0.163 e. The summed E-state index contributed by atoms with van der Waals surface area (Å²) in [5.74, 6) is 0.500. The zero-order valence-electron chi connectivity index (χ0n) is 15.2. The third-order valence-corrected chi connectivity index (χ3v) is 4.66. The molecular weight excluding hydrogens is 328 g/mol. The van der Waals surface area contributed by atoms with Crippen LogP contribution >= 0.6 is 0 Å². The highest BCUT2D eigenvalue weighted by atomic mass is 16.5. The summed E-state index contributed by atoms with van der Waals surface area (Å²) >= 11 is 0. The number of β-amino-alcohol motifs (C(OH)–C–C–N with tert-alkyl or cyclic N) is 1. The molecule has 1 atom stereocenters. The Hall–Kier alpha value is -2.37. The van der Waals surface area contributed by atoms with E-state index in [1.165, 1.54) is 12.6 Å². The van der Waals surface area contributed by atoms with E-state index in [1.54, 1.807) is 12.1 Å². The molecule has 5 heteroatoms. The van der Waals surface area contributed by atoms with Gasteiger partial charge in [0.1, 0.15) is 18.5 Å². The maximum Gasteiger partial charge on any atom is 0.163 e. The van der Waals surface area contributed by atoms with Crippen molar-refractivity contribution in [1.82, 2.24) is 4.90 Å². The van der Waals surface area contributed by atoms with Crippen LogP contribution in [0.1, 0.15) is 17.3 Å². The third-order valence-electron chi connectivity index (χ3n) is 4.66. The van der Waals surface area contributed by atoms with Crippen molar-refractivity contribution in [3.63, 3.8) is 0 Å². The number of nitrogens with zero attached hydrogens (tertiary/aromatic N) is 2. The van der Waals surface area contributed by atoms with E-state index in [2.05, 4.69) is 34.1 Å². The van der Waals surface area contributed by atoms with Crippen molar-refractivity contribution < 1.29 is 14.6 Å². The fourth-order valence-corrected chi connectivity index (χ4v) is 3.25. The predicted octanol–water partition coefficient (Wildman–Crippen LogP) is 2.45. The second-order valence-corrected chi connectivity index (χ2v) is 6.64. The summed E-state index contributed by atoms with van der Waals surface area (Å²) in [6.45, 7) is 6.00. The fraction of sp³-hybridized carbons (Fsp3) is 0.381. The zero-order valence-corrected chi connectivity index (χ0v) is 15.2. The normalized spacial score (nSPS) is 16.3. The molecule has 0 saturated carbocycles. The van der Waals surface area contributed by atoms with E-state index < -0.39 is 6.10 Å². The summed E-state index contributed by atoms with van der Waals surface area (Å²) in [5.41, 5.74) is 1.80. The van der Waals surface area contributed by atoms with Gasteiger partial charge in [0.05, 0.1) is 5.56 Å². The average molecular weight is 354 g/mol. The lowest BCUT2D eigenvalue weighted by Gasteiger charge is -2.36. The number of aliphatic hydroxyl groups excluding tert-OH is 1. The molecule has 1 heterocycles. The molecule has 0 bridgehead atoms. The highest BCUT2D eigenvalue weighted by molar-refractivity contribution is 5.96. The molecule has 1 aliphatic rings. The van der Waals surface area contributed by atoms with Gasteiger partial charge in [-0.1, -0.05) is 30.3 Å². The Kier molecular flexibility index (Phi) is 6.26. The van der Waals surface area contributed by atoms with Crippen molar-refractivity contribution in [3.8, 4) is 5.75 Å². The standard InChI is InChI=1S/C21H26N2O3/c1-17(24)20-9-5-6-10-21(20)26-16-19(25)15-22-11-13-23(14-12-22)18-7-3-2-4-8-18/h2-10,19,25H,11-16H2,1H3/t19-/m1/s1. The lowest BCUT2D eigenvalue weighted by Crippen LogP contribution is -2.49. The molecule has 1 fully saturated rings. The first-order chi connectivity index (χ1) is 12.6. The maximum atomic E-state index is 11.6. The summed E-state index contributed by atoms with van der Waals surface area (Å²) in [7, 11) is 0. The first-order valence-corrected chi connectivity index (χ1v) is 9.06. The SMILES string of the molecule is CC(=O)c1ccccc1OC[C@H](O)CN1CCN(c2ccccc2)CC1. The molecule has 138 valence electrons. The van der Waals surface area contributed by atoms with Crippen molar-refractivity contribution in [2.24, 2.45) is 0 Å². The number of rotatable bonds is 7. The molecule has 0 aromatic heterocycles. The number of piperazine rings is 1. The molecule has 2 aromatic rings. The van der Waals surface area contributed by atoms with Crippen LogP contribution in [0.3, 0.4) is 0 Å². The molecule has 0 amide bonds. The van der Waals surface area contributed by atoms with Crippen LogP contribution in [0.5, 0.6) is 5.75 Å². The number of anilines is 1. The van der Waals surface area contributed by atoms with Gasteiger partial charge in [0, 0.05) is 38.4 Å². The number of para-hydroxylation sites is 2. The highest BCUT2D eigenvalue weighted by Gasteiger charge is 2.20. The van der Waals surface area contributed by atoms with Crippen LogP contribution in [0.4, 0.5) is 5.69 Å². The van der Waals surface area contributed by atoms with Crippen LogP contribution in [0.15, 0.2) is 54.6 Å². The first-order valence-electron chi connectivity index (χ1n) is 9.06. The summed E-state index contributed by atoms with van der Waals surface area (Å²) < 4.78 is 5.68. The first kappa shape index (κ1) is 18.4. The van der Waals surface area contributed by atoms with Crippen LogP contribution in [-0.4, -0.2) is 61.2 Å². The molecule has 1 saturated heterocycles. The van der Waals surface area contributed by atoms with Gasteiger partial charge < -0.3 is 14.7 Å². The van der Waals surface area contributed by atoms with Gasteiger partial charge in [0.25, 0.3) is 0 Å². The number of benzene rings is 2. The second kappa shape index (κ2) is 8.83. The van der Waals surface area contributed by atoms with Gasteiger partial charge in [0.2, 0.25) is 0 Å². The van der Waals surface area contributed by atoms with Gasteiger partial charge in [0.15, 0.2) is 5.78 Å². The Morgan fingerprint density at radius 3 is 2.38 bits per heavy atom. The average Bonchev–Trinajstić information content (AvgIpc) is 2.68. The minimum Gasteiger partial charge on any atom is -0.490 e.